The Kier molecular flexibility index (Phi) is 8.58. The predicted molar refractivity (Wildman–Crippen MR) is 90.8 cm³/mol. The second-order valence-corrected chi connectivity index (χ2v) is 6.17. The number of nitrogens with zero attached hydrogens (tertiary/aromatic N) is 1. The van der Waals surface area contributed by atoms with Crippen molar-refractivity contribution in [2.45, 2.75) is 33.7 Å². The summed E-state index contributed by atoms with van der Waals surface area (Å²) in [7, 11) is 1.77. The second-order valence-electron chi connectivity index (χ2n) is 6.17. The molecule has 3 heteroatoms. The van der Waals surface area contributed by atoms with Crippen LogP contribution in [0.5, 0.6) is 0 Å². The lowest BCUT2D eigenvalue weighted by Crippen LogP contribution is -2.39. The van der Waals surface area contributed by atoms with Gasteiger partial charge in [0.05, 0.1) is 6.61 Å². The zero-order chi connectivity index (χ0) is 15.7. The molecule has 0 heterocycles. The average molecular weight is 292 g/mol. The molecule has 0 saturated carbocycles. The van der Waals surface area contributed by atoms with Crippen molar-refractivity contribution in [1.29, 1.82) is 0 Å². The van der Waals surface area contributed by atoms with E-state index in [2.05, 4.69) is 62.2 Å². The number of aryl methyl sites for hydroxylation is 1. The highest BCUT2D eigenvalue weighted by molar-refractivity contribution is 5.24. The van der Waals surface area contributed by atoms with Crippen LogP contribution in [0.2, 0.25) is 0 Å². The molecule has 1 aromatic carbocycles. The Labute approximate surface area is 130 Å². The van der Waals surface area contributed by atoms with Crippen molar-refractivity contribution in [3.8, 4) is 0 Å². The van der Waals surface area contributed by atoms with E-state index in [0.29, 0.717) is 12.0 Å². The second kappa shape index (κ2) is 9.93. The first-order chi connectivity index (χ1) is 10.1. The third-order valence-corrected chi connectivity index (χ3v) is 3.61. The molecule has 1 rings (SSSR count). The van der Waals surface area contributed by atoms with Gasteiger partial charge in [-0.2, -0.15) is 0 Å². The van der Waals surface area contributed by atoms with Crippen molar-refractivity contribution in [3.05, 3.63) is 35.4 Å². The molecule has 3 nitrogen and oxygen atoms in total. The smallest absolute Gasteiger partial charge is 0.0589 e. The highest BCUT2D eigenvalue weighted by Gasteiger charge is 2.16. The van der Waals surface area contributed by atoms with Crippen LogP contribution in [0.25, 0.3) is 0 Å². The van der Waals surface area contributed by atoms with Gasteiger partial charge in [0.1, 0.15) is 0 Å². The number of ether oxygens (including phenoxy) is 1. The fourth-order valence-electron chi connectivity index (χ4n) is 2.59. The topological polar surface area (TPSA) is 24.5 Å². The maximum atomic E-state index is 5.25. The lowest BCUT2D eigenvalue weighted by Gasteiger charge is -2.29. The van der Waals surface area contributed by atoms with E-state index in [0.717, 1.165) is 32.8 Å². The Hall–Kier alpha value is -0.900. The molecule has 1 unspecified atom stereocenters. The van der Waals surface area contributed by atoms with E-state index in [1.807, 2.05) is 0 Å². The van der Waals surface area contributed by atoms with Crippen LogP contribution in [0, 0.1) is 12.8 Å². The minimum Gasteiger partial charge on any atom is -0.383 e. The Morgan fingerprint density at radius 1 is 1.14 bits per heavy atom. The SMILES string of the molecule is CCNC(CN(CCOC)CC(C)C)c1ccc(C)cc1. The van der Waals surface area contributed by atoms with E-state index in [4.69, 9.17) is 4.74 Å². The first-order valence-corrected chi connectivity index (χ1v) is 8.08. The van der Waals surface area contributed by atoms with Gasteiger partial charge in [0.2, 0.25) is 0 Å². The Bertz CT molecular complexity index is 375. The summed E-state index contributed by atoms with van der Waals surface area (Å²) in [6.45, 7) is 13.7. The first kappa shape index (κ1) is 18.1. The number of methoxy groups -OCH3 is 1. The quantitative estimate of drug-likeness (QED) is 0.716. The monoisotopic (exact) mass is 292 g/mol. The van der Waals surface area contributed by atoms with Crippen molar-refractivity contribution in [3.63, 3.8) is 0 Å². The van der Waals surface area contributed by atoms with E-state index in [1.54, 1.807) is 7.11 Å². The summed E-state index contributed by atoms with van der Waals surface area (Å²) < 4.78 is 5.25. The highest BCUT2D eigenvalue weighted by Crippen LogP contribution is 2.16. The van der Waals surface area contributed by atoms with Crippen molar-refractivity contribution in [1.82, 2.24) is 10.2 Å². The molecule has 120 valence electrons. The summed E-state index contributed by atoms with van der Waals surface area (Å²) in [5, 5.41) is 3.62. The van der Waals surface area contributed by atoms with Gasteiger partial charge in [0.25, 0.3) is 0 Å². The number of likely N-dealkylation sites (N-methyl/N-ethyl adjacent to an activating group) is 1. The molecule has 0 bridgehead atoms. The van der Waals surface area contributed by atoms with Crippen molar-refractivity contribution < 1.29 is 4.74 Å². The van der Waals surface area contributed by atoms with E-state index in [-0.39, 0.29) is 0 Å². The number of hydrogen-bond donors (Lipinski definition) is 1. The minimum absolute atomic E-state index is 0.381. The van der Waals surface area contributed by atoms with Gasteiger partial charge in [-0.3, -0.25) is 4.90 Å². The van der Waals surface area contributed by atoms with Gasteiger partial charge in [-0.15, -0.1) is 0 Å². The van der Waals surface area contributed by atoms with Crippen LogP contribution < -0.4 is 5.32 Å². The average Bonchev–Trinajstić information content (AvgIpc) is 2.44. The van der Waals surface area contributed by atoms with Gasteiger partial charge < -0.3 is 10.1 Å². The Morgan fingerprint density at radius 3 is 2.33 bits per heavy atom. The molecule has 1 atom stereocenters. The summed E-state index contributed by atoms with van der Waals surface area (Å²) in [6.07, 6.45) is 0. The number of rotatable bonds is 10. The molecule has 0 aliphatic carbocycles. The first-order valence-electron chi connectivity index (χ1n) is 8.08. The number of benzene rings is 1. The summed E-state index contributed by atoms with van der Waals surface area (Å²) in [5.41, 5.74) is 2.68. The molecule has 0 spiro atoms. The molecule has 0 saturated heterocycles. The molecule has 0 radical (unpaired) electrons. The van der Waals surface area contributed by atoms with Gasteiger partial charge in [-0.05, 0) is 24.9 Å². The lowest BCUT2D eigenvalue weighted by molar-refractivity contribution is 0.132. The van der Waals surface area contributed by atoms with Crippen LogP contribution in [0.15, 0.2) is 24.3 Å². The summed E-state index contributed by atoms with van der Waals surface area (Å²) >= 11 is 0. The van der Waals surface area contributed by atoms with Crippen LogP contribution in [0.1, 0.15) is 37.9 Å². The fourth-order valence-corrected chi connectivity index (χ4v) is 2.59. The van der Waals surface area contributed by atoms with Crippen molar-refractivity contribution in [2.75, 3.05) is 39.9 Å². The van der Waals surface area contributed by atoms with Crippen molar-refractivity contribution in [2.24, 2.45) is 5.92 Å². The van der Waals surface area contributed by atoms with E-state index >= 15 is 0 Å². The number of nitrogens with one attached hydrogen (secondary N) is 1. The van der Waals surface area contributed by atoms with Crippen LogP contribution in [-0.4, -0.2) is 44.8 Å². The minimum atomic E-state index is 0.381. The van der Waals surface area contributed by atoms with Gasteiger partial charge in [0.15, 0.2) is 0 Å². The van der Waals surface area contributed by atoms with E-state index in [1.165, 1.54) is 11.1 Å². The maximum Gasteiger partial charge on any atom is 0.0589 e. The van der Waals surface area contributed by atoms with Crippen LogP contribution >= 0.6 is 0 Å². The normalized spacial score (nSPS) is 13.1. The molecule has 0 amide bonds. The summed E-state index contributed by atoms with van der Waals surface area (Å²) in [6, 6.07) is 9.26. The Balaban J connectivity index is 2.74. The Morgan fingerprint density at radius 2 is 1.81 bits per heavy atom. The molecule has 1 aromatic rings. The zero-order valence-electron chi connectivity index (χ0n) is 14.4. The van der Waals surface area contributed by atoms with Crippen LogP contribution in [0.3, 0.4) is 0 Å². The van der Waals surface area contributed by atoms with Gasteiger partial charge >= 0.3 is 0 Å². The molecule has 0 aromatic heterocycles. The van der Waals surface area contributed by atoms with E-state index in [9.17, 15) is 0 Å². The van der Waals surface area contributed by atoms with Gasteiger partial charge in [0, 0.05) is 32.8 Å². The molecule has 0 fully saturated rings. The lowest BCUT2D eigenvalue weighted by atomic mass is 10.0. The van der Waals surface area contributed by atoms with Gasteiger partial charge in [-0.25, -0.2) is 0 Å². The fraction of sp³-hybridized carbons (Fsp3) is 0.667. The third-order valence-electron chi connectivity index (χ3n) is 3.61. The number of hydrogen-bond acceptors (Lipinski definition) is 3. The summed E-state index contributed by atoms with van der Waals surface area (Å²) in [5.74, 6) is 0.669. The molecule has 1 N–H and O–H groups in total. The highest BCUT2D eigenvalue weighted by atomic mass is 16.5. The molecular weight excluding hydrogens is 260 g/mol. The van der Waals surface area contributed by atoms with Gasteiger partial charge in [-0.1, -0.05) is 50.6 Å². The third kappa shape index (κ3) is 7.07. The molecule has 0 aliphatic rings. The summed E-state index contributed by atoms with van der Waals surface area (Å²) in [4.78, 5) is 2.50. The van der Waals surface area contributed by atoms with E-state index < -0.39 is 0 Å². The van der Waals surface area contributed by atoms with Crippen LogP contribution in [-0.2, 0) is 4.74 Å². The zero-order valence-corrected chi connectivity index (χ0v) is 14.4. The predicted octanol–water partition coefficient (Wildman–Crippen LogP) is 3.25. The van der Waals surface area contributed by atoms with Crippen LogP contribution in [0.4, 0.5) is 0 Å². The molecule has 0 aliphatic heterocycles. The largest absolute Gasteiger partial charge is 0.383 e. The standard InChI is InChI=1S/C18H32N2O/c1-6-19-18(17-9-7-16(4)8-10-17)14-20(11-12-21-5)13-15(2)3/h7-10,15,18-19H,6,11-14H2,1-5H3. The van der Waals surface area contributed by atoms with Crippen molar-refractivity contribution >= 4 is 0 Å². The molecular formula is C18H32N2O. The maximum absolute atomic E-state index is 5.25. The molecule has 21 heavy (non-hydrogen) atoms.